The second-order valence-electron chi connectivity index (χ2n) is 4.85. The average molecular weight is 297 g/mol. The van der Waals surface area contributed by atoms with Gasteiger partial charge >= 0.3 is 29.6 Å². The fraction of sp³-hybridized carbons (Fsp3) is 0. The average Bonchev–Trinajstić information content (AvgIpc) is 2.56. The van der Waals surface area contributed by atoms with E-state index >= 15 is 0 Å². The van der Waals surface area contributed by atoms with Crippen molar-refractivity contribution in [3.8, 4) is 0 Å². The number of hydrogen-bond acceptors (Lipinski definition) is 0. The predicted molar refractivity (Wildman–Crippen MR) is 88.3 cm³/mol. The second-order valence-corrected chi connectivity index (χ2v) is 8.08. The van der Waals surface area contributed by atoms with E-state index < -0.39 is 8.24 Å². The van der Waals surface area contributed by atoms with Gasteiger partial charge in [0.05, 0.1) is 0 Å². The van der Waals surface area contributed by atoms with Crippen LogP contribution in [0.25, 0.3) is 5.40 Å². The molecule has 21 heavy (non-hydrogen) atoms. The van der Waals surface area contributed by atoms with Crippen LogP contribution in [-0.4, -0.2) is 8.24 Å². The summed E-state index contributed by atoms with van der Waals surface area (Å²) in [5.41, 5.74) is 0. The van der Waals surface area contributed by atoms with Gasteiger partial charge in [-0.2, -0.15) is 0 Å². The first-order valence-corrected chi connectivity index (χ1v) is 8.73. The molecule has 0 aromatic heterocycles. The van der Waals surface area contributed by atoms with Crippen LogP contribution in [0.1, 0.15) is 0 Å². The summed E-state index contributed by atoms with van der Waals surface area (Å²) in [6.45, 7) is 0. The fourth-order valence-electron chi connectivity index (χ4n) is 2.56. The van der Waals surface area contributed by atoms with Crippen molar-refractivity contribution in [2.24, 2.45) is 0 Å². The quantitative estimate of drug-likeness (QED) is 0.469. The van der Waals surface area contributed by atoms with Gasteiger partial charge in [-0.1, -0.05) is 107 Å². The van der Waals surface area contributed by atoms with Gasteiger partial charge in [0.25, 0.3) is 0 Å². The van der Waals surface area contributed by atoms with Crippen LogP contribution in [0.3, 0.4) is 0 Å². The number of nitrogens with one attached hydrogen (secondary N) is 1. The Morgan fingerprint density at radius 2 is 0.714 bits per heavy atom. The summed E-state index contributed by atoms with van der Waals surface area (Å²) < 4.78 is 0. The molecule has 98 valence electrons. The van der Waals surface area contributed by atoms with E-state index in [1.807, 2.05) is 54.6 Å². The van der Waals surface area contributed by atoms with Gasteiger partial charge in [0.1, 0.15) is 0 Å². The van der Waals surface area contributed by atoms with E-state index in [0.29, 0.717) is 0 Å². The van der Waals surface area contributed by atoms with E-state index in [1.54, 1.807) is 0 Å². The minimum Gasteiger partial charge on any atom is -0.668 e. The largest absolute Gasteiger partial charge is 1.00 e. The summed E-state index contributed by atoms with van der Waals surface area (Å²) in [5, 5.41) is 12.7. The third-order valence-corrected chi connectivity index (χ3v) is 7.22. The molecule has 0 amide bonds. The maximum Gasteiger partial charge on any atom is 1.00 e. The van der Waals surface area contributed by atoms with Crippen LogP contribution in [0, 0.1) is 0 Å². The van der Waals surface area contributed by atoms with Crippen molar-refractivity contribution in [1.29, 1.82) is 0 Å². The predicted octanol–water partition coefficient (Wildman–Crippen LogP) is -0.290. The molecule has 0 bridgehead atoms. The van der Waals surface area contributed by atoms with E-state index in [9.17, 15) is 5.40 Å². The van der Waals surface area contributed by atoms with Crippen molar-refractivity contribution in [2.45, 2.75) is 0 Å². The van der Waals surface area contributed by atoms with Crippen molar-refractivity contribution < 1.29 is 29.6 Å². The number of hydrogen-bond donors (Lipinski definition) is 0. The van der Waals surface area contributed by atoms with E-state index in [0.717, 1.165) is 15.6 Å². The summed E-state index contributed by atoms with van der Waals surface area (Å²) in [7, 11) is -2.63. The first-order valence-electron chi connectivity index (χ1n) is 6.73. The van der Waals surface area contributed by atoms with E-state index in [4.69, 9.17) is 0 Å². The first-order chi connectivity index (χ1) is 9.82. The Labute approximate surface area is 149 Å². The third kappa shape index (κ3) is 3.20. The Morgan fingerprint density at radius 1 is 0.476 bits per heavy atom. The van der Waals surface area contributed by atoms with Gasteiger partial charge in [0.15, 0.2) is 0 Å². The van der Waals surface area contributed by atoms with Crippen LogP contribution in [0.4, 0.5) is 0 Å². The summed E-state index contributed by atoms with van der Waals surface area (Å²) >= 11 is 0. The Balaban J connectivity index is 0.00000161. The van der Waals surface area contributed by atoms with Crippen molar-refractivity contribution in [1.82, 2.24) is 0 Å². The molecule has 1 nitrogen and oxygen atoms in total. The molecule has 0 heterocycles. The molecule has 0 fully saturated rings. The van der Waals surface area contributed by atoms with Crippen molar-refractivity contribution in [3.63, 3.8) is 0 Å². The number of benzene rings is 3. The van der Waals surface area contributed by atoms with Gasteiger partial charge in [-0.25, -0.2) is 0 Å². The minimum absolute atomic E-state index is 0. The van der Waals surface area contributed by atoms with Crippen molar-refractivity contribution >= 4 is 23.8 Å². The first kappa shape index (κ1) is 16.2. The van der Waals surface area contributed by atoms with Crippen molar-refractivity contribution in [3.05, 3.63) is 96.4 Å². The van der Waals surface area contributed by atoms with Gasteiger partial charge < -0.3 is 5.40 Å². The van der Waals surface area contributed by atoms with Gasteiger partial charge in [0.2, 0.25) is 0 Å². The zero-order chi connectivity index (χ0) is 13.8. The Morgan fingerprint density at radius 3 is 0.952 bits per heavy atom. The summed E-state index contributed by atoms with van der Waals surface area (Å²) in [6, 6.07) is 30.7. The molecule has 3 aromatic carbocycles. The molecule has 0 spiro atoms. The zero-order valence-corrected chi connectivity index (χ0v) is 15.2. The maximum absolute atomic E-state index is 9.28. The van der Waals surface area contributed by atoms with Crippen LogP contribution in [0.15, 0.2) is 91.0 Å². The molecule has 3 heteroatoms. The standard InChI is InChI=1S/C18H16NSi.Na/c19-20(16-10-4-1-5-11-16,17-12-6-2-7-13-17)18-14-8-3-9-15-18;/h1-15,19H;/q-1;+1. The van der Waals surface area contributed by atoms with E-state index in [1.165, 1.54) is 0 Å². The third-order valence-electron chi connectivity index (χ3n) is 3.62. The molecule has 1 N–H and O–H groups in total. The maximum atomic E-state index is 9.28. The smallest absolute Gasteiger partial charge is 0.668 e. The number of rotatable bonds is 3. The van der Waals surface area contributed by atoms with Crippen LogP contribution < -0.4 is 45.1 Å². The molecular formula is C18H16NNaSi. The normalized spacial score (nSPS) is 10.7. The van der Waals surface area contributed by atoms with Crippen LogP contribution in [0.5, 0.6) is 0 Å². The van der Waals surface area contributed by atoms with E-state index in [2.05, 4.69) is 36.4 Å². The molecule has 0 saturated heterocycles. The van der Waals surface area contributed by atoms with Gasteiger partial charge in [-0.3, -0.25) is 0 Å². The van der Waals surface area contributed by atoms with Crippen LogP contribution in [0.2, 0.25) is 0 Å². The van der Waals surface area contributed by atoms with E-state index in [-0.39, 0.29) is 29.6 Å². The summed E-state index contributed by atoms with van der Waals surface area (Å²) in [6.07, 6.45) is 0. The second kappa shape index (κ2) is 7.21. The van der Waals surface area contributed by atoms with Crippen molar-refractivity contribution in [2.75, 3.05) is 0 Å². The zero-order valence-electron chi connectivity index (χ0n) is 12.2. The van der Waals surface area contributed by atoms with Crippen LogP contribution in [-0.2, 0) is 0 Å². The molecule has 0 radical (unpaired) electrons. The van der Waals surface area contributed by atoms with Gasteiger partial charge in [-0.15, -0.1) is 0 Å². The molecule has 0 aliphatic heterocycles. The molecular weight excluding hydrogens is 281 g/mol. The topological polar surface area (TPSA) is 23.8 Å². The summed E-state index contributed by atoms with van der Waals surface area (Å²) in [5.74, 6) is 0. The molecule has 3 aromatic rings. The monoisotopic (exact) mass is 297 g/mol. The Bertz CT molecular complexity index is 575. The summed E-state index contributed by atoms with van der Waals surface area (Å²) in [4.78, 5) is 0. The molecule has 0 atom stereocenters. The van der Waals surface area contributed by atoms with Gasteiger partial charge in [0, 0.05) is 8.24 Å². The SMILES string of the molecule is [NH-][Si](c1ccccc1)(c1ccccc1)c1ccccc1.[Na+]. The molecule has 3 rings (SSSR count). The van der Waals surface area contributed by atoms with Gasteiger partial charge in [-0.05, 0) is 0 Å². The Kier molecular flexibility index (Phi) is 5.56. The molecule has 0 aliphatic rings. The fourth-order valence-corrected chi connectivity index (χ4v) is 5.64. The molecule has 0 saturated carbocycles. The Hall–Kier alpha value is -1.16. The molecule has 0 unspecified atom stereocenters. The molecule has 0 aliphatic carbocycles. The van der Waals surface area contributed by atoms with Crippen LogP contribution >= 0.6 is 0 Å². The minimum atomic E-state index is -2.63.